The third-order valence-corrected chi connectivity index (χ3v) is 5.30. The summed E-state index contributed by atoms with van der Waals surface area (Å²) in [7, 11) is 1.73. The van der Waals surface area contributed by atoms with E-state index in [9.17, 15) is 0 Å². The van der Waals surface area contributed by atoms with E-state index in [1.165, 1.54) is 67.2 Å². The second-order valence-electron chi connectivity index (χ2n) is 7.09. The molecule has 0 atom stereocenters. The van der Waals surface area contributed by atoms with Crippen molar-refractivity contribution in [2.45, 2.75) is 57.4 Å². The molecule has 2 aliphatic rings. The number of ether oxygens (including phenoxy) is 1. The number of aryl methyl sites for hydroxylation is 2. The van der Waals surface area contributed by atoms with Gasteiger partial charge >= 0.3 is 0 Å². The first-order chi connectivity index (χ1) is 11.8. The quantitative estimate of drug-likeness (QED) is 0.799. The van der Waals surface area contributed by atoms with Gasteiger partial charge in [0.1, 0.15) is 11.6 Å². The third kappa shape index (κ3) is 3.40. The number of anilines is 1. The lowest BCUT2D eigenvalue weighted by molar-refractivity contribution is 0.414. The minimum atomic E-state index is 0.743. The van der Waals surface area contributed by atoms with Gasteiger partial charge < -0.3 is 10.1 Å². The maximum absolute atomic E-state index is 5.41. The van der Waals surface area contributed by atoms with Gasteiger partial charge in [0.05, 0.1) is 7.11 Å². The maximum Gasteiger partial charge on any atom is 0.126 e. The van der Waals surface area contributed by atoms with Crippen LogP contribution in [0.5, 0.6) is 5.75 Å². The summed E-state index contributed by atoms with van der Waals surface area (Å²) in [5.74, 6) is 2.68. The number of hydrogen-bond acceptors (Lipinski definition) is 3. The van der Waals surface area contributed by atoms with Gasteiger partial charge in [-0.05, 0) is 84.9 Å². The van der Waals surface area contributed by atoms with Crippen LogP contribution in [0.15, 0.2) is 30.5 Å². The molecule has 2 aliphatic carbocycles. The summed E-state index contributed by atoms with van der Waals surface area (Å²) in [6.45, 7) is 0.814. The van der Waals surface area contributed by atoms with Crippen molar-refractivity contribution in [1.82, 2.24) is 4.98 Å². The molecule has 0 radical (unpaired) electrons. The number of pyridine rings is 1. The van der Waals surface area contributed by atoms with Gasteiger partial charge in [-0.2, -0.15) is 0 Å². The van der Waals surface area contributed by atoms with Crippen molar-refractivity contribution in [1.29, 1.82) is 0 Å². The van der Waals surface area contributed by atoms with Crippen LogP contribution in [0.3, 0.4) is 0 Å². The molecule has 0 unspecified atom stereocenters. The standard InChI is InChI=1S/C21H26N2O/c1-24-19-9-10-20(15-7-8-15)18(11-19)14-23-21-12-16-5-3-2-4-6-17(16)13-22-21/h9-13,15H,2-8,14H2,1H3,(H,22,23). The summed E-state index contributed by atoms with van der Waals surface area (Å²) in [5.41, 5.74) is 5.74. The van der Waals surface area contributed by atoms with Crippen LogP contribution in [0.4, 0.5) is 5.82 Å². The Balaban J connectivity index is 1.51. The Morgan fingerprint density at radius 1 is 1.08 bits per heavy atom. The Labute approximate surface area is 144 Å². The highest BCUT2D eigenvalue weighted by Gasteiger charge is 2.26. The molecule has 0 bridgehead atoms. The monoisotopic (exact) mass is 322 g/mol. The van der Waals surface area contributed by atoms with Crippen LogP contribution in [-0.2, 0) is 19.4 Å². The highest BCUT2D eigenvalue weighted by Crippen LogP contribution is 2.42. The van der Waals surface area contributed by atoms with E-state index >= 15 is 0 Å². The molecule has 1 saturated carbocycles. The number of aromatic nitrogens is 1. The Morgan fingerprint density at radius 3 is 2.71 bits per heavy atom. The minimum Gasteiger partial charge on any atom is -0.497 e. The van der Waals surface area contributed by atoms with Gasteiger partial charge in [-0.15, -0.1) is 0 Å². The molecule has 0 amide bonds. The fraction of sp³-hybridized carbons (Fsp3) is 0.476. The zero-order valence-electron chi connectivity index (χ0n) is 14.5. The van der Waals surface area contributed by atoms with E-state index < -0.39 is 0 Å². The van der Waals surface area contributed by atoms with Gasteiger partial charge in [0.15, 0.2) is 0 Å². The Morgan fingerprint density at radius 2 is 1.92 bits per heavy atom. The lowest BCUT2D eigenvalue weighted by Crippen LogP contribution is -2.06. The van der Waals surface area contributed by atoms with Gasteiger partial charge in [0.2, 0.25) is 0 Å². The average Bonchev–Trinajstić information content (AvgIpc) is 3.46. The summed E-state index contributed by atoms with van der Waals surface area (Å²) in [4.78, 5) is 4.64. The Hall–Kier alpha value is -2.03. The van der Waals surface area contributed by atoms with E-state index in [0.29, 0.717) is 0 Å². The lowest BCUT2D eigenvalue weighted by Gasteiger charge is -2.14. The number of methoxy groups -OCH3 is 1. The fourth-order valence-corrected chi connectivity index (χ4v) is 3.73. The Kier molecular flexibility index (Phi) is 4.42. The predicted octanol–water partition coefficient (Wildman–Crippen LogP) is 4.85. The van der Waals surface area contributed by atoms with Crippen LogP contribution in [0.1, 0.15) is 60.3 Å². The first kappa shape index (κ1) is 15.5. The number of benzene rings is 1. The fourth-order valence-electron chi connectivity index (χ4n) is 3.73. The van der Waals surface area contributed by atoms with E-state index in [1.807, 2.05) is 0 Å². The number of fused-ring (bicyclic) bond motifs is 1. The third-order valence-electron chi connectivity index (χ3n) is 5.30. The number of hydrogen-bond donors (Lipinski definition) is 1. The van der Waals surface area contributed by atoms with Gasteiger partial charge in [0.25, 0.3) is 0 Å². The SMILES string of the molecule is COc1ccc(C2CC2)c(CNc2cc3c(cn2)CCCCC3)c1. The Bertz CT molecular complexity index is 722. The summed E-state index contributed by atoms with van der Waals surface area (Å²) >= 11 is 0. The topological polar surface area (TPSA) is 34.1 Å². The summed E-state index contributed by atoms with van der Waals surface area (Å²) < 4.78 is 5.41. The molecule has 2 aromatic rings. The average molecular weight is 322 g/mol. The number of nitrogens with one attached hydrogen (secondary N) is 1. The summed E-state index contributed by atoms with van der Waals surface area (Å²) in [6, 6.07) is 8.75. The highest BCUT2D eigenvalue weighted by atomic mass is 16.5. The molecule has 4 rings (SSSR count). The molecule has 1 heterocycles. The van der Waals surface area contributed by atoms with Crippen molar-refractivity contribution < 1.29 is 4.74 Å². The van der Waals surface area contributed by atoms with Crippen molar-refractivity contribution >= 4 is 5.82 Å². The van der Waals surface area contributed by atoms with Gasteiger partial charge in [0, 0.05) is 12.7 Å². The molecule has 1 N–H and O–H groups in total. The minimum absolute atomic E-state index is 0.743. The molecule has 1 aromatic carbocycles. The maximum atomic E-state index is 5.41. The largest absolute Gasteiger partial charge is 0.497 e. The van der Waals surface area contributed by atoms with Crippen molar-refractivity contribution in [2.75, 3.05) is 12.4 Å². The van der Waals surface area contributed by atoms with Gasteiger partial charge in [-0.3, -0.25) is 0 Å². The van der Waals surface area contributed by atoms with Crippen molar-refractivity contribution in [3.8, 4) is 5.75 Å². The smallest absolute Gasteiger partial charge is 0.126 e. The van der Waals surface area contributed by atoms with E-state index in [1.54, 1.807) is 7.11 Å². The first-order valence-corrected chi connectivity index (χ1v) is 9.22. The number of nitrogens with zero attached hydrogens (tertiary/aromatic N) is 1. The second kappa shape index (κ2) is 6.84. The van der Waals surface area contributed by atoms with Crippen molar-refractivity contribution in [3.05, 3.63) is 52.7 Å². The van der Waals surface area contributed by atoms with Crippen LogP contribution in [-0.4, -0.2) is 12.1 Å². The van der Waals surface area contributed by atoms with E-state index in [4.69, 9.17) is 4.74 Å². The van der Waals surface area contributed by atoms with Crippen LogP contribution < -0.4 is 10.1 Å². The zero-order valence-corrected chi connectivity index (χ0v) is 14.5. The van der Waals surface area contributed by atoms with Crippen LogP contribution in [0.25, 0.3) is 0 Å². The van der Waals surface area contributed by atoms with E-state index in [-0.39, 0.29) is 0 Å². The summed E-state index contributed by atoms with van der Waals surface area (Å²) in [5, 5.41) is 3.54. The molecule has 3 heteroatoms. The molecular weight excluding hydrogens is 296 g/mol. The normalized spacial score (nSPS) is 17.0. The van der Waals surface area contributed by atoms with Crippen molar-refractivity contribution in [2.24, 2.45) is 0 Å². The van der Waals surface area contributed by atoms with Gasteiger partial charge in [-0.25, -0.2) is 4.98 Å². The molecule has 1 aromatic heterocycles. The zero-order chi connectivity index (χ0) is 16.4. The second-order valence-corrected chi connectivity index (χ2v) is 7.09. The molecule has 0 spiro atoms. The summed E-state index contributed by atoms with van der Waals surface area (Å²) in [6.07, 6.45) is 11.0. The highest BCUT2D eigenvalue weighted by molar-refractivity contribution is 5.45. The molecule has 3 nitrogen and oxygen atoms in total. The predicted molar refractivity (Wildman–Crippen MR) is 97.8 cm³/mol. The molecule has 0 aliphatic heterocycles. The molecule has 0 saturated heterocycles. The van der Waals surface area contributed by atoms with Gasteiger partial charge in [-0.1, -0.05) is 12.5 Å². The molecular formula is C21H26N2O. The number of rotatable bonds is 5. The lowest BCUT2D eigenvalue weighted by atomic mass is 10.0. The van der Waals surface area contributed by atoms with E-state index in [0.717, 1.165) is 24.0 Å². The molecule has 126 valence electrons. The van der Waals surface area contributed by atoms with Crippen LogP contribution in [0, 0.1) is 0 Å². The first-order valence-electron chi connectivity index (χ1n) is 9.22. The van der Waals surface area contributed by atoms with Crippen LogP contribution >= 0.6 is 0 Å². The van der Waals surface area contributed by atoms with E-state index in [2.05, 4.69) is 40.8 Å². The molecule has 1 fully saturated rings. The molecule has 24 heavy (non-hydrogen) atoms. The van der Waals surface area contributed by atoms with Crippen LogP contribution in [0.2, 0.25) is 0 Å². The van der Waals surface area contributed by atoms with Crippen molar-refractivity contribution in [3.63, 3.8) is 0 Å².